The molecule has 3 N–H and O–H groups in total. The molecule has 104 valence electrons. The quantitative estimate of drug-likeness (QED) is 0.846. The van der Waals surface area contributed by atoms with Gasteiger partial charge >= 0.3 is 0 Å². The van der Waals surface area contributed by atoms with Crippen LogP contribution in [-0.4, -0.2) is 20.5 Å². The van der Waals surface area contributed by atoms with E-state index in [1.807, 2.05) is 0 Å². The van der Waals surface area contributed by atoms with Crippen LogP contribution < -0.4 is 10.5 Å². The Morgan fingerprint density at radius 3 is 2.44 bits per heavy atom. The van der Waals surface area contributed by atoms with E-state index in [-0.39, 0.29) is 23.8 Å². The summed E-state index contributed by atoms with van der Waals surface area (Å²) in [7, 11) is -3.59. The highest BCUT2D eigenvalue weighted by atomic mass is 79.9. The van der Waals surface area contributed by atoms with E-state index in [0.29, 0.717) is 9.50 Å². The van der Waals surface area contributed by atoms with Gasteiger partial charge in [0.15, 0.2) is 0 Å². The van der Waals surface area contributed by atoms with Crippen molar-refractivity contribution in [3.8, 4) is 0 Å². The lowest BCUT2D eigenvalue weighted by Gasteiger charge is -2.23. The number of halogens is 3. The molecule has 1 aromatic rings. The number of nitrogens with two attached hydrogens (primary N) is 1. The zero-order valence-corrected chi connectivity index (χ0v) is 13.9. The molecule has 1 rings (SSSR count). The van der Waals surface area contributed by atoms with Crippen LogP contribution in [-0.2, 0) is 10.0 Å². The van der Waals surface area contributed by atoms with Crippen molar-refractivity contribution in [2.24, 2.45) is 5.73 Å². The molecular formula is C10H15BrCl2N2O2S. The summed E-state index contributed by atoms with van der Waals surface area (Å²) >= 11 is 9.00. The van der Waals surface area contributed by atoms with Crippen molar-refractivity contribution in [2.45, 2.75) is 24.3 Å². The molecule has 0 aliphatic heterocycles. The molecule has 0 unspecified atom stereocenters. The topological polar surface area (TPSA) is 72.2 Å². The lowest BCUT2D eigenvalue weighted by molar-refractivity contribution is 0.462. The number of benzene rings is 1. The summed E-state index contributed by atoms with van der Waals surface area (Å²) in [6.07, 6.45) is 0. The first-order valence-electron chi connectivity index (χ1n) is 4.87. The van der Waals surface area contributed by atoms with Crippen LogP contribution in [0.25, 0.3) is 0 Å². The molecule has 0 fully saturated rings. The average Bonchev–Trinajstić information content (AvgIpc) is 2.20. The second-order valence-electron chi connectivity index (χ2n) is 4.27. The molecule has 0 heterocycles. The normalized spacial score (nSPS) is 12.1. The molecule has 0 saturated heterocycles. The molecule has 0 aromatic heterocycles. The SMILES string of the molecule is CC(C)(CN)NS(=O)(=O)c1ccc(Cl)c(Br)c1.Cl. The van der Waals surface area contributed by atoms with Crippen LogP contribution in [0.5, 0.6) is 0 Å². The second kappa shape index (κ2) is 6.54. The molecule has 0 aliphatic rings. The largest absolute Gasteiger partial charge is 0.329 e. The highest BCUT2D eigenvalue weighted by molar-refractivity contribution is 9.10. The fourth-order valence-corrected chi connectivity index (χ4v) is 3.21. The molecule has 0 saturated carbocycles. The molecular weight excluding hydrogens is 363 g/mol. The van der Waals surface area contributed by atoms with Gasteiger partial charge in [-0.25, -0.2) is 13.1 Å². The molecule has 0 aliphatic carbocycles. The van der Waals surface area contributed by atoms with Gasteiger partial charge in [0.05, 0.1) is 9.92 Å². The zero-order chi connectivity index (χ0) is 13.3. The van der Waals surface area contributed by atoms with Gasteiger partial charge < -0.3 is 5.73 Å². The van der Waals surface area contributed by atoms with E-state index in [2.05, 4.69) is 20.7 Å². The van der Waals surface area contributed by atoms with Crippen LogP contribution in [0, 0.1) is 0 Å². The van der Waals surface area contributed by atoms with E-state index in [0.717, 1.165) is 0 Å². The molecule has 8 heteroatoms. The monoisotopic (exact) mass is 376 g/mol. The fourth-order valence-electron chi connectivity index (χ4n) is 1.11. The maximum atomic E-state index is 12.0. The predicted octanol–water partition coefficient (Wildman–Crippen LogP) is 2.54. The Labute approximate surface area is 127 Å². The first-order valence-corrected chi connectivity index (χ1v) is 7.52. The highest BCUT2D eigenvalue weighted by Crippen LogP contribution is 2.25. The van der Waals surface area contributed by atoms with Crippen molar-refractivity contribution in [1.82, 2.24) is 4.72 Å². The summed E-state index contributed by atoms with van der Waals surface area (Å²) in [5.41, 5.74) is 4.80. The van der Waals surface area contributed by atoms with Crippen LogP contribution in [0.15, 0.2) is 27.6 Å². The van der Waals surface area contributed by atoms with Gasteiger partial charge in [-0.3, -0.25) is 0 Å². The van der Waals surface area contributed by atoms with Gasteiger partial charge in [0.2, 0.25) is 10.0 Å². The Balaban J connectivity index is 0.00000289. The van der Waals surface area contributed by atoms with Gasteiger partial charge in [-0.2, -0.15) is 0 Å². The van der Waals surface area contributed by atoms with Gasteiger partial charge in [-0.05, 0) is 48.0 Å². The van der Waals surface area contributed by atoms with E-state index in [4.69, 9.17) is 17.3 Å². The Hall–Kier alpha value is 0.150. The lowest BCUT2D eigenvalue weighted by Crippen LogP contribution is -2.48. The zero-order valence-electron chi connectivity index (χ0n) is 9.91. The first kappa shape index (κ1) is 18.1. The van der Waals surface area contributed by atoms with E-state index >= 15 is 0 Å². The standard InChI is InChI=1S/C10H14BrClN2O2S.ClH/c1-10(2,6-13)14-17(15,16)7-3-4-9(12)8(11)5-7;/h3-5,14H,6,13H2,1-2H3;1H. The number of hydrogen-bond acceptors (Lipinski definition) is 3. The van der Waals surface area contributed by atoms with Crippen molar-refractivity contribution < 1.29 is 8.42 Å². The number of rotatable bonds is 4. The van der Waals surface area contributed by atoms with Gasteiger partial charge in [0, 0.05) is 16.6 Å². The molecule has 0 radical (unpaired) electrons. The minimum atomic E-state index is -3.59. The minimum absolute atomic E-state index is 0. The van der Waals surface area contributed by atoms with Gasteiger partial charge in [-0.1, -0.05) is 11.6 Å². The second-order valence-corrected chi connectivity index (χ2v) is 7.21. The molecule has 0 amide bonds. The summed E-state index contributed by atoms with van der Waals surface area (Å²) in [6, 6.07) is 4.43. The summed E-state index contributed by atoms with van der Waals surface area (Å²) in [5, 5.41) is 0.460. The third-order valence-corrected chi connectivity index (χ3v) is 5.03. The molecule has 1 aromatic carbocycles. The van der Waals surface area contributed by atoms with Crippen molar-refractivity contribution >= 4 is 50.0 Å². The van der Waals surface area contributed by atoms with Gasteiger partial charge in [-0.15, -0.1) is 12.4 Å². The maximum Gasteiger partial charge on any atom is 0.241 e. The summed E-state index contributed by atoms with van der Waals surface area (Å²) in [6.45, 7) is 3.64. The Bertz CT molecular complexity index is 521. The van der Waals surface area contributed by atoms with E-state index in [1.165, 1.54) is 18.2 Å². The van der Waals surface area contributed by atoms with Crippen molar-refractivity contribution in [1.29, 1.82) is 0 Å². The highest BCUT2D eigenvalue weighted by Gasteiger charge is 2.25. The average molecular weight is 378 g/mol. The summed E-state index contributed by atoms with van der Waals surface area (Å²) in [5.74, 6) is 0. The number of sulfonamides is 1. The van der Waals surface area contributed by atoms with E-state index in [1.54, 1.807) is 13.8 Å². The molecule has 0 atom stereocenters. The van der Waals surface area contributed by atoms with E-state index < -0.39 is 15.6 Å². The van der Waals surface area contributed by atoms with Crippen LogP contribution >= 0.6 is 39.9 Å². The van der Waals surface area contributed by atoms with Gasteiger partial charge in [0.25, 0.3) is 0 Å². The van der Waals surface area contributed by atoms with Crippen LogP contribution in [0.1, 0.15) is 13.8 Å². The third kappa shape index (κ3) is 4.68. The van der Waals surface area contributed by atoms with Crippen LogP contribution in [0.2, 0.25) is 5.02 Å². The first-order chi connectivity index (χ1) is 7.68. The molecule has 0 bridgehead atoms. The van der Waals surface area contributed by atoms with Crippen molar-refractivity contribution in [2.75, 3.05) is 6.54 Å². The summed E-state index contributed by atoms with van der Waals surface area (Å²) < 4.78 is 27.1. The van der Waals surface area contributed by atoms with Crippen LogP contribution in [0.3, 0.4) is 0 Å². The minimum Gasteiger partial charge on any atom is -0.329 e. The Morgan fingerprint density at radius 1 is 1.44 bits per heavy atom. The number of nitrogens with one attached hydrogen (secondary N) is 1. The van der Waals surface area contributed by atoms with E-state index in [9.17, 15) is 8.42 Å². The molecule has 18 heavy (non-hydrogen) atoms. The Kier molecular flexibility index (Phi) is 6.60. The lowest BCUT2D eigenvalue weighted by atomic mass is 10.1. The maximum absolute atomic E-state index is 12.0. The fraction of sp³-hybridized carbons (Fsp3) is 0.400. The number of hydrogen-bond donors (Lipinski definition) is 2. The predicted molar refractivity (Wildman–Crippen MR) is 79.9 cm³/mol. The summed E-state index contributed by atoms with van der Waals surface area (Å²) in [4.78, 5) is 0.148. The van der Waals surface area contributed by atoms with Crippen molar-refractivity contribution in [3.05, 3.63) is 27.7 Å². The molecule has 4 nitrogen and oxygen atoms in total. The van der Waals surface area contributed by atoms with Gasteiger partial charge in [0.1, 0.15) is 0 Å². The molecule has 0 spiro atoms. The Morgan fingerprint density at radius 2 is 2.00 bits per heavy atom. The third-order valence-electron chi connectivity index (χ3n) is 2.12. The van der Waals surface area contributed by atoms with Crippen LogP contribution in [0.4, 0.5) is 0 Å². The van der Waals surface area contributed by atoms with Crippen molar-refractivity contribution in [3.63, 3.8) is 0 Å². The smallest absolute Gasteiger partial charge is 0.241 e.